The maximum atomic E-state index is 13.3. The first-order valence-corrected chi connectivity index (χ1v) is 8.79. The second-order valence-electron chi connectivity index (χ2n) is 6.60. The van der Waals surface area contributed by atoms with Crippen molar-refractivity contribution in [1.29, 1.82) is 0 Å². The molecule has 0 aliphatic rings. The largest absolute Gasteiger partial charge is 0.481 e. The molecule has 2 aromatic rings. The lowest BCUT2D eigenvalue weighted by Crippen LogP contribution is -2.08. The number of nitrogens with two attached hydrogens (primary N) is 1. The third-order valence-corrected chi connectivity index (χ3v) is 4.03. The zero-order valence-electron chi connectivity index (χ0n) is 15.4. The molecule has 0 saturated heterocycles. The molecular weight excluding hydrogens is 349 g/mol. The summed E-state index contributed by atoms with van der Waals surface area (Å²) in [6.45, 7) is 3.94. The Morgan fingerprint density at radius 3 is 2.52 bits per heavy atom. The summed E-state index contributed by atoms with van der Waals surface area (Å²) in [5.41, 5.74) is 8.52. The Morgan fingerprint density at radius 1 is 1.26 bits per heavy atom. The van der Waals surface area contributed by atoms with Crippen LogP contribution in [0.15, 0.2) is 30.3 Å². The molecule has 6 nitrogen and oxygen atoms in total. The molecule has 144 valence electrons. The van der Waals surface area contributed by atoms with Crippen LogP contribution in [0.5, 0.6) is 0 Å². The van der Waals surface area contributed by atoms with Gasteiger partial charge in [-0.25, -0.2) is 14.4 Å². The van der Waals surface area contributed by atoms with Crippen molar-refractivity contribution in [1.82, 2.24) is 9.97 Å². The van der Waals surface area contributed by atoms with E-state index in [-0.39, 0.29) is 24.1 Å². The van der Waals surface area contributed by atoms with E-state index in [1.54, 1.807) is 24.3 Å². The van der Waals surface area contributed by atoms with Crippen LogP contribution in [0.3, 0.4) is 0 Å². The number of aliphatic carboxylic acids is 1. The molecule has 0 unspecified atom stereocenters. The fourth-order valence-corrected chi connectivity index (χ4v) is 2.70. The summed E-state index contributed by atoms with van der Waals surface area (Å²) in [4.78, 5) is 19.2. The van der Waals surface area contributed by atoms with Crippen molar-refractivity contribution in [2.75, 3.05) is 5.73 Å². The van der Waals surface area contributed by atoms with E-state index in [1.807, 2.05) is 13.8 Å². The van der Waals surface area contributed by atoms with Crippen molar-refractivity contribution >= 4 is 18.0 Å². The highest BCUT2D eigenvalue weighted by atomic mass is 19.1. The fourth-order valence-electron chi connectivity index (χ4n) is 2.70. The summed E-state index contributed by atoms with van der Waals surface area (Å²) in [6, 6.07) is 5.91. The van der Waals surface area contributed by atoms with Gasteiger partial charge in [0, 0.05) is 17.5 Å². The average molecular weight is 373 g/mol. The molecule has 0 aliphatic heterocycles. The summed E-state index contributed by atoms with van der Waals surface area (Å²) in [5.74, 6) is -1.06. The summed E-state index contributed by atoms with van der Waals surface area (Å²) < 4.78 is 13.3. The predicted molar refractivity (Wildman–Crippen MR) is 102 cm³/mol. The molecule has 27 heavy (non-hydrogen) atoms. The molecule has 0 amide bonds. The van der Waals surface area contributed by atoms with Crippen LogP contribution in [0.25, 0.3) is 17.3 Å². The standard InChI is InChI=1S/C20H24FN3O3/c1-12(2)18-16(11-10-15(25)4-3-5-17(26)27)19(24-20(22)23-18)13-6-8-14(21)9-7-13/h6-12,15,25H,3-5H2,1-2H3,(H,26,27)(H2,22,23,24)/b11-10+/t15-/m0/s1. The number of halogens is 1. The van der Waals surface area contributed by atoms with Gasteiger partial charge < -0.3 is 15.9 Å². The first-order chi connectivity index (χ1) is 12.8. The first kappa shape index (κ1) is 20.5. The van der Waals surface area contributed by atoms with Gasteiger partial charge in [0.15, 0.2) is 0 Å². The molecule has 0 bridgehead atoms. The Labute approximate surface area is 157 Å². The number of benzene rings is 1. The van der Waals surface area contributed by atoms with Crippen LogP contribution in [0, 0.1) is 5.82 Å². The molecule has 0 radical (unpaired) electrons. The molecule has 0 saturated carbocycles. The van der Waals surface area contributed by atoms with Crippen molar-refractivity contribution in [2.24, 2.45) is 0 Å². The van der Waals surface area contributed by atoms with Crippen LogP contribution in [-0.2, 0) is 4.79 Å². The van der Waals surface area contributed by atoms with Crippen LogP contribution in [0.1, 0.15) is 50.3 Å². The van der Waals surface area contributed by atoms with Gasteiger partial charge in [0.1, 0.15) is 5.82 Å². The number of carboxylic acids is 1. The van der Waals surface area contributed by atoms with Gasteiger partial charge in [-0.15, -0.1) is 0 Å². The van der Waals surface area contributed by atoms with E-state index in [0.717, 1.165) is 5.69 Å². The fraction of sp³-hybridized carbons (Fsp3) is 0.350. The average Bonchev–Trinajstić information content (AvgIpc) is 2.60. The SMILES string of the molecule is CC(C)c1nc(N)nc(-c2ccc(F)cc2)c1/C=C/[C@@H](O)CCCC(=O)O. The molecule has 0 aliphatic carbocycles. The number of nitrogens with zero attached hydrogens (tertiary/aromatic N) is 2. The normalized spacial score (nSPS) is 12.6. The number of aliphatic hydroxyl groups is 1. The molecule has 0 fully saturated rings. The number of aromatic nitrogens is 2. The van der Waals surface area contributed by atoms with E-state index in [2.05, 4.69) is 9.97 Å². The van der Waals surface area contributed by atoms with Crippen LogP contribution in [0.2, 0.25) is 0 Å². The Balaban J connectivity index is 2.38. The highest BCUT2D eigenvalue weighted by Crippen LogP contribution is 2.30. The molecule has 2 rings (SSSR count). The molecule has 4 N–H and O–H groups in total. The second-order valence-corrected chi connectivity index (χ2v) is 6.60. The lowest BCUT2D eigenvalue weighted by molar-refractivity contribution is -0.137. The molecular formula is C20H24FN3O3. The van der Waals surface area contributed by atoms with E-state index < -0.39 is 12.1 Å². The van der Waals surface area contributed by atoms with Crippen molar-refractivity contribution in [3.8, 4) is 11.3 Å². The van der Waals surface area contributed by atoms with Gasteiger partial charge in [0.25, 0.3) is 0 Å². The Kier molecular flexibility index (Phi) is 7.01. The number of hydrogen-bond acceptors (Lipinski definition) is 5. The summed E-state index contributed by atoms with van der Waals surface area (Å²) in [6.07, 6.45) is 3.24. The van der Waals surface area contributed by atoms with Crippen molar-refractivity contribution in [3.63, 3.8) is 0 Å². The van der Waals surface area contributed by atoms with E-state index >= 15 is 0 Å². The summed E-state index contributed by atoms with van der Waals surface area (Å²) in [7, 11) is 0. The minimum atomic E-state index is -0.890. The number of carboxylic acid groups (broad SMARTS) is 1. The number of rotatable bonds is 8. The Morgan fingerprint density at radius 2 is 1.93 bits per heavy atom. The number of carbonyl (C=O) groups is 1. The van der Waals surface area contributed by atoms with Gasteiger partial charge in [-0.05, 0) is 43.0 Å². The second kappa shape index (κ2) is 9.23. The molecule has 1 atom stereocenters. The molecule has 1 aromatic carbocycles. The molecule has 1 aromatic heterocycles. The van der Waals surface area contributed by atoms with Gasteiger partial charge >= 0.3 is 5.97 Å². The molecule has 1 heterocycles. The quantitative estimate of drug-likeness (QED) is 0.652. The van der Waals surface area contributed by atoms with Gasteiger partial charge in [0.05, 0.1) is 17.5 Å². The summed E-state index contributed by atoms with van der Waals surface area (Å²) >= 11 is 0. The maximum Gasteiger partial charge on any atom is 0.303 e. The topological polar surface area (TPSA) is 109 Å². The van der Waals surface area contributed by atoms with E-state index in [0.29, 0.717) is 29.7 Å². The number of nitrogen functional groups attached to an aromatic ring is 1. The lowest BCUT2D eigenvalue weighted by atomic mass is 9.97. The van der Waals surface area contributed by atoms with Crippen molar-refractivity contribution in [3.05, 3.63) is 47.4 Å². The smallest absolute Gasteiger partial charge is 0.303 e. The van der Waals surface area contributed by atoms with Crippen LogP contribution < -0.4 is 5.73 Å². The zero-order valence-corrected chi connectivity index (χ0v) is 15.4. The monoisotopic (exact) mass is 373 g/mol. The Bertz CT molecular complexity index is 820. The minimum absolute atomic E-state index is 0.00789. The van der Waals surface area contributed by atoms with Gasteiger partial charge in [0.2, 0.25) is 5.95 Å². The first-order valence-electron chi connectivity index (χ1n) is 8.79. The number of aliphatic hydroxyl groups excluding tert-OH is 1. The number of hydrogen-bond donors (Lipinski definition) is 3. The molecule has 0 spiro atoms. The highest BCUT2D eigenvalue weighted by molar-refractivity contribution is 5.74. The van der Waals surface area contributed by atoms with Crippen LogP contribution in [0.4, 0.5) is 10.3 Å². The van der Waals surface area contributed by atoms with Gasteiger partial charge in [-0.3, -0.25) is 4.79 Å². The summed E-state index contributed by atoms with van der Waals surface area (Å²) in [5, 5.41) is 18.8. The lowest BCUT2D eigenvalue weighted by Gasteiger charge is -2.15. The highest BCUT2D eigenvalue weighted by Gasteiger charge is 2.16. The zero-order chi connectivity index (χ0) is 20.0. The Hall–Kier alpha value is -2.80. The van der Waals surface area contributed by atoms with Crippen molar-refractivity contribution < 1.29 is 19.4 Å². The maximum absolute atomic E-state index is 13.3. The third-order valence-electron chi connectivity index (χ3n) is 4.03. The van der Waals surface area contributed by atoms with Crippen LogP contribution in [-0.4, -0.2) is 32.3 Å². The van der Waals surface area contributed by atoms with E-state index in [9.17, 15) is 14.3 Å². The van der Waals surface area contributed by atoms with E-state index in [4.69, 9.17) is 10.8 Å². The minimum Gasteiger partial charge on any atom is -0.481 e. The van der Waals surface area contributed by atoms with Crippen molar-refractivity contribution in [2.45, 2.75) is 45.1 Å². The van der Waals surface area contributed by atoms with Gasteiger partial charge in [-0.1, -0.05) is 26.0 Å². The number of anilines is 1. The van der Waals surface area contributed by atoms with Crippen LogP contribution >= 0.6 is 0 Å². The van der Waals surface area contributed by atoms with Gasteiger partial charge in [-0.2, -0.15) is 0 Å². The predicted octanol–water partition coefficient (Wildman–Crippen LogP) is 3.62. The molecule has 7 heteroatoms. The van der Waals surface area contributed by atoms with E-state index in [1.165, 1.54) is 12.1 Å². The third kappa shape index (κ3) is 5.86.